The number of hydrogen-bond donors (Lipinski definition) is 2. The van der Waals surface area contributed by atoms with Gasteiger partial charge < -0.3 is 10.4 Å². The van der Waals surface area contributed by atoms with E-state index in [1.165, 1.54) is 6.92 Å². The summed E-state index contributed by atoms with van der Waals surface area (Å²) in [6.45, 7) is 1.80. The normalized spacial score (nSPS) is 9.40. The van der Waals surface area contributed by atoms with E-state index in [1.807, 2.05) is 6.07 Å². The molecule has 0 unspecified atom stereocenters. The van der Waals surface area contributed by atoms with E-state index in [0.29, 0.717) is 23.4 Å². The van der Waals surface area contributed by atoms with Gasteiger partial charge in [-0.1, -0.05) is 0 Å². The van der Waals surface area contributed by atoms with Crippen molar-refractivity contribution < 1.29 is 9.90 Å². The third-order valence-electron chi connectivity index (χ3n) is 1.96. The molecule has 0 aliphatic heterocycles. The van der Waals surface area contributed by atoms with Gasteiger partial charge in [0, 0.05) is 17.8 Å². The number of nitriles is 1. The summed E-state index contributed by atoms with van der Waals surface area (Å²) in [7, 11) is 0. The Kier molecular flexibility index (Phi) is 3.83. The minimum atomic E-state index is -0.0695. The first-order valence-corrected chi connectivity index (χ1v) is 4.59. The maximum atomic E-state index is 11.2. The van der Waals surface area contributed by atoms with Gasteiger partial charge in [0.05, 0.1) is 18.2 Å². The molecule has 78 valence electrons. The Hall–Kier alpha value is -1.86. The lowest BCUT2D eigenvalue weighted by Crippen LogP contribution is -2.09. The van der Waals surface area contributed by atoms with Gasteiger partial charge in [0.25, 0.3) is 0 Å². The summed E-state index contributed by atoms with van der Waals surface area (Å²) in [5.41, 5.74) is 1.61. The van der Waals surface area contributed by atoms with Crippen LogP contribution in [0.2, 0.25) is 0 Å². The molecule has 0 heterocycles. The first-order valence-electron chi connectivity index (χ1n) is 4.59. The summed E-state index contributed by atoms with van der Waals surface area (Å²) in [4.78, 5) is 11.2. The molecule has 4 heteroatoms. The van der Waals surface area contributed by atoms with E-state index in [0.717, 1.165) is 0 Å². The summed E-state index contributed by atoms with van der Waals surface area (Å²) in [5.74, 6) is -0.0695. The van der Waals surface area contributed by atoms with E-state index in [4.69, 9.17) is 10.4 Å². The Bertz CT molecular complexity index is 408. The Morgan fingerprint density at radius 1 is 1.60 bits per heavy atom. The van der Waals surface area contributed by atoms with Crippen molar-refractivity contribution in [3.05, 3.63) is 29.3 Å². The number of anilines is 1. The molecular weight excluding hydrogens is 192 g/mol. The summed E-state index contributed by atoms with van der Waals surface area (Å²) in [6.07, 6.45) is 0. The van der Waals surface area contributed by atoms with E-state index < -0.39 is 0 Å². The zero-order valence-electron chi connectivity index (χ0n) is 8.45. The number of aliphatic hydroxyl groups excluding tert-OH is 1. The Morgan fingerprint density at radius 3 is 2.87 bits per heavy atom. The third-order valence-corrected chi connectivity index (χ3v) is 1.96. The minimum Gasteiger partial charge on any atom is -0.395 e. The van der Waals surface area contributed by atoms with Crippen molar-refractivity contribution in [2.75, 3.05) is 18.5 Å². The standard InChI is InChI=1S/C11H12N2O2/c1-8(15)10-3-2-9(7-12)6-11(10)13-4-5-14/h2-3,6,13-14H,4-5H2,1H3. The monoisotopic (exact) mass is 204 g/mol. The van der Waals surface area contributed by atoms with E-state index >= 15 is 0 Å². The molecule has 0 saturated carbocycles. The number of nitrogens with one attached hydrogen (secondary N) is 1. The van der Waals surface area contributed by atoms with Crippen LogP contribution in [0.4, 0.5) is 5.69 Å². The Morgan fingerprint density at radius 2 is 2.33 bits per heavy atom. The van der Waals surface area contributed by atoms with Crippen LogP contribution in [0.1, 0.15) is 22.8 Å². The Labute approximate surface area is 88.2 Å². The highest BCUT2D eigenvalue weighted by molar-refractivity contribution is 5.99. The zero-order valence-corrected chi connectivity index (χ0v) is 8.45. The zero-order chi connectivity index (χ0) is 11.3. The topological polar surface area (TPSA) is 73.1 Å². The van der Waals surface area contributed by atoms with Crippen molar-refractivity contribution in [3.63, 3.8) is 0 Å². The van der Waals surface area contributed by atoms with E-state index in [1.54, 1.807) is 18.2 Å². The average molecular weight is 204 g/mol. The highest BCUT2D eigenvalue weighted by Gasteiger charge is 2.07. The van der Waals surface area contributed by atoms with Gasteiger partial charge in [-0.05, 0) is 25.1 Å². The summed E-state index contributed by atoms with van der Waals surface area (Å²) < 4.78 is 0. The van der Waals surface area contributed by atoms with Crippen LogP contribution in [0.3, 0.4) is 0 Å². The second kappa shape index (κ2) is 5.13. The number of aliphatic hydroxyl groups is 1. The molecule has 15 heavy (non-hydrogen) atoms. The molecular formula is C11H12N2O2. The molecule has 4 nitrogen and oxygen atoms in total. The predicted molar refractivity (Wildman–Crippen MR) is 56.7 cm³/mol. The lowest BCUT2D eigenvalue weighted by Gasteiger charge is -2.09. The smallest absolute Gasteiger partial charge is 0.161 e. The van der Waals surface area contributed by atoms with Gasteiger partial charge in [-0.3, -0.25) is 4.79 Å². The number of ketones is 1. The molecule has 0 spiro atoms. The summed E-state index contributed by atoms with van der Waals surface area (Å²) in [5, 5.41) is 20.3. The summed E-state index contributed by atoms with van der Waals surface area (Å²) in [6, 6.07) is 6.81. The van der Waals surface area contributed by atoms with Gasteiger partial charge in [-0.2, -0.15) is 5.26 Å². The van der Waals surface area contributed by atoms with Crippen molar-refractivity contribution >= 4 is 11.5 Å². The molecule has 0 bridgehead atoms. The summed E-state index contributed by atoms with van der Waals surface area (Å²) >= 11 is 0. The van der Waals surface area contributed by atoms with E-state index in [-0.39, 0.29) is 12.4 Å². The van der Waals surface area contributed by atoms with Crippen LogP contribution in [0.5, 0.6) is 0 Å². The number of carbonyl (C=O) groups excluding carboxylic acids is 1. The molecule has 0 radical (unpaired) electrons. The first-order chi connectivity index (χ1) is 7.19. The second-order valence-electron chi connectivity index (χ2n) is 3.08. The lowest BCUT2D eigenvalue weighted by molar-refractivity contribution is 0.101. The maximum Gasteiger partial charge on any atom is 0.161 e. The molecule has 1 aromatic carbocycles. The van der Waals surface area contributed by atoms with Crippen LogP contribution in [0.15, 0.2) is 18.2 Å². The highest BCUT2D eigenvalue weighted by atomic mass is 16.3. The van der Waals surface area contributed by atoms with Gasteiger partial charge >= 0.3 is 0 Å². The van der Waals surface area contributed by atoms with Gasteiger partial charge in [0.1, 0.15) is 0 Å². The molecule has 1 rings (SSSR count). The van der Waals surface area contributed by atoms with Crippen molar-refractivity contribution in [1.82, 2.24) is 0 Å². The van der Waals surface area contributed by atoms with E-state index in [9.17, 15) is 4.79 Å². The average Bonchev–Trinajstić information content (AvgIpc) is 2.25. The van der Waals surface area contributed by atoms with E-state index in [2.05, 4.69) is 5.32 Å². The number of benzene rings is 1. The fraction of sp³-hybridized carbons (Fsp3) is 0.273. The second-order valence-corrected chi connectivity index (χ2v) is 3.08. The molecule has 0 atom stereocenters. The lowest BCUT2D eigenvalue weighted by atomic mass is 10.1. The predicted octanol–water partition coefficient (Wildman–Crippen LogP) is 1.17. The molecule has 0 aliphatic rings. The fourth-order valence-electron chi connectivity index (χ4n) is 1.26. The van der Waals surface area contributed by atoms with Crippen molar-refractivity contribution in [3.8, 4) is 6.07 Å². The Balaban J connectivity index is 3.06. The highest BCUT2D eigenvalue weighted by Crippen LogP contribution is 2.17. The van der Waals surface area contributed by atoms with Crippen LogP contribution in [-0.4, -0.2) is 24.0 Å². The number of carbonyl (C=O) groups is 1. The number of hydrogen-bond acceptors (Lipinski definition) is 4. The van der Waals surface area contributed by atoms with Gasteiger partial charge in [-0.15, -0.1) is 0 Å². The third kappa shape index (κ3) is 2.79. The fourth-order valence-corrected chi connectivity index (χ4v) is 1.26. The van der Waals surface area contributed by atoms with Gasteiger partial charge in [0.2, 0.25) is 0 Å². The molecule has 0 aliphatic carbocycles. The van der Waals surface area contributed by atoms with Gasteiger partial charge in [0.15, 0.2) is 5.78 Å². The van der Waals surface area contributed by atoms with Crippen LogP contribution in [-0.2, 0) is 0 Å². The number of Topliss-reactive ketones (excluding diaryl/α,β-unsaturated/α-hetero) is 1. The molecule has 2 N–H and O–H groups in total. The van der Waals surface area contributed by atoms with Crippen LogP contribution >= 0.6 is 0 Å². The quantitative estimate of drug-likeness (QED) is 0.722. The van der Waals surface area contributed by atoms with Gasteiger partial charge in [-0.25, -0.2) is 0 Å². The molecule has 0 aromatic heterocycles. The van der Waals surface area contributed by atoms with Crippen LogP contribution in [0.25, 0.3) is 0 Å². The van der Waals surface area contributed by atoms with Crippen LogP contribution in [0, 0.1) is 11.3 Å². The molecule has 1 aromatic rings. The van der Waals surface area contributed by atoms with Crippen molar-refractivity contribution in [2.45, 2.75) is 6.92 Å². The van der Waals surface area contributed by atoms with Crippen molar-refractivity contribution in [2.24, 2.45) is 0 Å². The number of rotatable bonds is 4. The molecule has 0 amide bonds. The largest absolute Gasteiger partial charge is 0.395 e. The number of nitrogens with zero attached hydrogens (tertiary/aromatic N) is 1. The molecule has 0 saturated heterocycles. The first kappa shape index (κ1) is 11.2. The SMILES string of the molecule is CC(=O)c1ccc(C#N)cc1NCCO. The van der Waals surface area contributed by atoms with Crippen molar-refractivity contribution in [1.29, 1.82) is 5.26 Å². The maximum absolute atomic E-state index is 11.2. The minimum absolute atomic E-state index is 0.0197. The molecule has 0 fully saturated rings. The van der Waals surface area contributed by atoms with Crippen LogP contribution < -0.4 is 5.32 Å².